The van der Waals surface area contributed by atoms with Gasteiger partial charge in [0.1, 0.15) is 0 Å². The predicted octanol–water partition coefficient (Wildman–Crippen LogP) is 0.332. The summed E-state index contributed by atoms with van der Waals surface area (Å²) in [6.07, 6.45) is 1.55. The number of nitrogens with zero attached hydrogens (tertiary/aromatic N) is 1. The van der Waals surface area contributed by atoms with Crippen LogP contribution in [0.4, 0.5) is 0 Å². The van der Waals surface area contributed by atoms with Gasteiger partial charge in [-0.05, 0) is 13.0 Å². The van der Waals surface area contributed by atoms with Crippen molar-refractivity contribution in [2.24, 2.45) is 0 Å². The molecule has 4 nitrogen and oxygen atoms in total. The van der Waals surface area contributed by atoms with Gasteiger partial charge in [0.25, 0.3) is 0 Å². The predicted molar refractivity (Wildman–Crippen MR) is 61.2 cm³/mol. The molecular weight excluding hydrogens is 192 g/mol. The van der Waals surface area contributed by atoms with Crippen LogP contribution < -0.4 is 5.32 Å². The molecule has 1 aliphatic rings. The van der Waals surface area contributed by atoms with Crippen LogP contribution in [0.3, 0.4) is 0 Å². The number of ether oxygens (including phenoxy) is 2. The maximum atomic E-state index is 5.37. The quantitative estimate of drug-likeness (QED) is 0.665. The summed E-state index contributed by atoms with van der Waals surface area (Å²) < 4.78 is 10.6. The van der Waals surface area contributed by atoms with Crippen LogP contribution in [0.15, 0.2) is 0 Å². The van der Waals surface area contributed by atoms with Crippen molar-refractivity contribution in [3.05, 3.63) is 0 Å². The van der Waals surface area contributed by atoms with E-state index in [1.165, 1.54) is 0 Å². The van der Waals surface area contributed by atoms with Gasteiger partial charge in [-0.15, -0.1) is 0 Å². The lowest BCUT2D eigenvalue weighted by Gasteiger charge is -2.27. The average Bonchev–Trinajstić information content (AvgIpc) is 2.72. The minimum atomic E-state index is 0.408. The minimum Gasteiger partial charge on any atom is -0.383 e. The number of hydrogen-bond donors (Lipinski definition) is 1. The highest BCUT2D eigenvalue weighted by molar-refractivity contribution is 4.83. The maximum Gasteiger partial charge on any atom is 0.0710 e. The number of rotatable bonds is 7. The van der Waals surface area contributed by atoms with Crippen LogP contribution in [0.25, 0.3) is 0 Å². The van der Waals surface area contributed by atoms with E-state index in [-0.39, 0.29) is 0 Å². The lowest BCUT2D eigenvalue weighted by atomic mass is 10.2. The van der Waals surface area contributed by atoms with Crippen molar-refractivity contribution in [2.75, 3.05) is 47.0 Å². The van der Waals surface area contributed by atoms with Crippen LogP contribution in [0.5, 0.6) is 0 Å². The molecule has 0 bridgehead atoms. The van der Waals surface area contributed by atoms with Crippen LogP contribution in [-0.2, 0) is 9.47 Å². The Morgan fingerprint density at radius 3 is 2.80 bits per heavy atom. The highest BCUT2D eigenvalue weighted by Crippen LogP contribution is 2.14. The summed E-state index contributed by atoms with van der Waals surface area (Å²) in [5, 5.41) is 3.38. The van der Waals surface area contributed by atoms with E-state index in [1.807, 2.05) is 0 Å². The van der Waals surface area contributed by atoms with Gasteiger partial charge in [0.15, 0.2) is 0 Å². The van der Waals surface area contributed by atoms with Gasteiger partial charge in [-0.2, -0.15) is 0 Å². The van der Waals surface area contributed by atoms with Gasteiger partial charge in [-0.25, -0.2) is 0 Å². The summed E-state index contributed by atoms with van der Waals surface area (Å²) in [5.41, 5.74) is 0. The Morgan fingerprint density at radius 1 is 1.47 bits per heavy atom. The lowest BCUT2D eigenvalue weighted by molar-refractivity contribution is 0.0758. The number of methoxy groups -OCH3 is 2. The highest BCUT2D eigenvalue weighted by Gasteiger charge is 2.27. The van der Waals surface area contributed by atoms with Gasteiger partial charge in [0.05, 0.1) is 12.7 Å². The standard InChI is InChI=1S/C11H24N2O2/c1-4-12-7-10(9-14-2)13-6-5-11(8-13)15-3/h10-12H,4-9H2,1-3H3. The molecule has 1 fully saturated rings. The van der Waals surface area contributed by atoms with Crippen molar-refractivity contribution >= 4 is 0 Å². The van der Waals surface area contributed by atoms with E-state index in [0.717, 1.165) is 39.2 Å². The average molecular weight is 216 g/mol. The molecule has 0 aliphatic carbocycles. The van der Waals surface area contributed by atoms with Gasteiger partial charge in [0.2, 0.25) is 0 Å². The zero-order valence-electron chi connectivity index (χ0n) is 10.2. The first-order chi connectivity index (χ1) is 7.31. The van der Waals surface area contributed by atoms with E-state index < -0.39 is 0 Å². The maximum absolute atomic E-state index is 5.37. The molecule has 2 atom stereocenters. The highest BCUT2D eigenvalue weighted by atomic mass is 16.5. The van der Waals surface area contributed by atoms with Crippen molar-refractivity contribution in [3.63, 3.8) is 0 Å². The molecule has 0 saturated carbocycles. The van der Waals surface area contributed by atoms with Gasteiger partial charge in [-0.1, -0.05) is 6.92 Å². The second-order valence-corrected chi connectivity index (χ2v) is 4.06. The molecule has 4 heteroatoms. The summed E-state index contributed by atoms with van der Waals surface area (Å²) in [7, 11) is 3.56. The summed E-state index contributed by atoms with van der Waals surface area (Å²) in [6, 6.07) is 0.482. The fraction of sp³-hybridized carbons (Fsp3) is 1.00. The number of likely N-dealkylation sites (tertiary alicyclic amines) is 1. The van der Waals surface area contributed by atoms with E-state index in [4.69, 9.17) is 9.47 Å². The fourth-order valence-corrected chi connectivity index (χ4v) is 2.07. The summed E-state index contributed by atoms with van der Waals surface area (Å²) in [4.78, 5) is 2.46. The van der Waals surface area contributed by atoms with Crippen molar-refractivity contribution in [2.45, 2.75) is 25.5 Å². The Bertz CT molecular complexity index is 167. The van der Waals surface area contributed by atoms with Crippen LogP contribution >= 0.6 is 0 Å². The van der Waals surface area contributed by atoms with E-state index in [2.05, 4.69) is 17.1 Å². The smallest absolute Gasteiger partial charge is 0.0710 e. The molecule has 1 heterocycles. The molecule has 1 N–H and O–H groups in total. The van der Waals surface area contributed by atoms with Crippen LogP contribution in [0.1, 0.15) is 13.3 Å². The molecule has 1 aliphatic heterocycles. The Balaban J connectivity index is 2.34. The first kappa shape index (κ1) is 12.9. The number of nitrogens with one attached hydrogen (secondary N) is 1. The second-order valence-electron chi connectivity index (χ2n) is 4.06. The van der Waals surface area contributed by atoms with Gasteiger partial charge in [0, 0.05) is 39.9 Å². The van der Waals surface area contributed by atoms with E-state index in [1.54, 1.807) is 14.2 Å². The summed E-state index contributed by atoms with van der Waals surface area (Å²) >= 11 is 0. The van der Waals surface area contributed by atoms with Crippen LogP contribution in [0.2, 0.25) is 0 Å². The Hall–Kier alpha value is -0.160. The van der Waals surface area contributed by atoms with E-state index in [0.29, 0.717) is 12.1 Å². The Kier molecular flexibility index (Phi) is 6.17. The SMILES string of the molecule is CCNCC(COC)N1CCC(OC)C1. The summed E-state index contributed by atoms with van der Waals surface area (Å²) in [6.45, 7) is 7.10. The van der Waals surface area contributed by atoms with Crippen molar-refractivity contribution < 1.29 is 9.47 Å². The van der Waals surface area contributed by atoms with E-state index >= 15 is 0 Å². The molecule has 0 radical (unpaired) electrons. The normalized spacial score (nSPS) is 24.6. The molecule has 0 amide bonds. The number of likely N-dealkylation sites (N-methyl/N-ethyl adjacent to an activating group) is 1. The van der Waals surface area contributed by atoms with Gasteiger partial charge in [-0.3, -0.25) is 4.90 Å². The molecule has 0 aromatic heterocycles. The number of hydrogen-bond acceptors (Lipinski definition) is 4. The molecule has 0 aromatic rings. The molecule has 1 saturated heterocycles. The van der Waals surface area contributed by atoms with E-state index in [9.17, 15) is 0 Å². The largest absolute Gasteiger partial charge is 0.383 e. The Labute approximate surface area is 92.9 Å². The summed E-state index contributed by atoms with van der Waals surface area (Å²) in [5.74, 6) is 0. The molecule has 0 aromatic carbocycles. The second kappa shape index (κ2) is 7.17. The first-order valence-electron chi connectivity index (χ1n) is 5.78. The molecule has 90 valence electrons. The first-order valence-corrected chi connectivity index (χ1v) is 5.78. The topological polar surface area (TPSA) is 33.7 Å². The van der Waals surface area contributed by atoms with Gasteiger partial charge >= 0.3 is 0 Å². The van der Waals surface area contributed by atoms with Crippen molar-refractivity contribution in [1.29, 1.82) is 0 Å². The third kappa shape index (κ3) is 4.07. The zero-order chi connectivity index (χ0) is 11.1. The zero-order valence-corrected chi connectivity index (χ0v) is 10.2. The lowest BCUT2D eigenvalue weighted by Crippen LogP contribution is -2.44. The van der Waals surface area contributed by atoms with Gasteiger partial charge < -0.3 is 14.8 Å². The monoisotopic (exact) mass is 216 g/mol. The molecule has 1 rings (SSSR count). The molecule has 2 unspecified atom stereocenters. The van der Waals surface area contributed by atoms with Crippen LogP contribution in [-0.4, -0.2) is 64.1 Å². The molecule has 15 heavy (non-hydrogen) atoms. The molecule has 0 spiro atoms. The van der Waals surface area contributed by atoms with Crippen molar-refractivity contribution in [1.82, 2.24) is 10.2 Å². The van der Waals surface area contributed by atoms with Crippen LogP contribution in [0, 0.1) is 0 Å². The minimum absolute atomic E-state index is 0.408. The van der Waals surface area contributed by atoms with Crippen molar-refractivity contribution in [3.8, 4) is 0 Å². The Morgan fingerprint density at radius 2 is 2.27 bits per heavy atom. The molecular formula is C11H24N2O2. The third-order valence-electron chi connectivity index (χ3n) is 3.02. The fourth-order valence-electron chi connectivity index (χ4n) is 2.07. The third-order valence-corrected chi connectivity index (χ3v) is 3.02.